The molecule has 0 saturated heterocycles. The summed E-state index contributed by atoms with van der Waals surface area (Å²) in [7, 11) is -1.23. The van der Waals surface area contributed by atoms with Gasteiger partial charge in [0.1, 0.15) is 0 Å². The van der Waals surface area contributed by atoms with Crippen LogP contribution in [-0.4, -0.2) is 27.6 Å². The predicted molar refractivity (Wildman–Crippen MR) is 244 cm³/mol. The second-order valence-electron chi connectivity index (χ2n) is 16.8. The van der Waals surface area contributed by atoms with Crippen LogP contribution in [0.5, 0.6) is 0 Å². The van der Waals surface area contributed by atoms with Crippen molar-refractivity contribution in [3.8, 4) is 39.5 Å². The Balaban J connectivity index is 0.000000240. The van der Waals surface area contributed by atoms with Gasteiger partial charge in [-0.1, -0.05) is 130 Å². The molecule has 6 aromatic carbocycles. The summed E-state index contributed by atoms with van der Waals surface area (Å²) >= 11 is 0. The Hall–Kier alpha value is -5.98. The number of imidazole rings is 1. The quantitative estimate of drug-likeness (QED) is 0.127. The van der Waals surface area contributed by atoms with Crippen LogP contribution in [0.4, 0.5) is 0 Å². The van der Waals surface area contributed by atoms with Crippen molar-refractivity contribution in [3.05, 3.63) is 176 Å². The molecule has 5 nitrogen and oxygen atoms in total. The van der Waals surface area contributed by atoms with Crippen LogP contribution in [0.3, 0.4) is 0 Å². The van der Waals surface area contributed by atoms with Gasteiger partial charge in [-0.15, -0.1) is 54.1 Å². The summed E-state index contributed by atoms with van der Waals surface area (Å²) < 4.78 is 8.68. The van der Waals surface area contributed by atoms with Crippen molar-refractivity contribution >= 4 is 57.1 Å². The normalized spacial score (nSPS) is 11.8. The first-order chi connectivity index (χ1) is 28.0. The van der Waals surface area contributed by atoms with E-state index in [1.165, 1.54) is 10.8 Å². The molecule has 4 aromatic heterocycles. The molecule has 10 aromatic rings. The SMILES string of the molecule is CC(C)(C)c1ccc(-n2c(-c3[c-]ccc4c3oc3ncccc34)nc3c4ccccc4ccc32)c(-c2ccccc2)c1.C[Si](C)(C)c1ccc(-c2[c-]cccc2)nc1.[Ir]. The fraction of sp³-hybridized carbons (Fsp3) is 0.135. The van der Waals surface area contributed by atoms with Crippen LogP contribution >= 0.6 is 0 Å². The van der Waals surface area contributed by atoms with Crippen molar-refractivity contribution in [1.82, 2.24) is 19.5 Å². The molecule has 1 radical (unpaired) electrons. The third-order valence-electron chi connectivity index (χ3n) is 10.8. The number of furan rings is 1. The van der Waals surface area contributed by atoms with Crippen LogP contribution in [-0.2, 0) is 25.5 Å². The number of fused-ring (bicyclic) bond motifs is 6. The smallest absolute Gasteiger partial charge is 0.216 e. The van der Waals surface area contributed by atoms with E-state index in [9.17, 15) is 0 Å². The van der Waals surface area contributed by atoms with Crippen molar-refractivity contribution in [2.24, 2.45) is 0 Å². The fourth-order valence-corrected chi connectivity index (χ4v) is 8.60. The van der Waals surface area contributed by atoms with Gasteiger partial charge in [0.15, 0.2) is 0 Å². The van der Waals surface area contributed by atoms with Crippen LogP contribution < -0.4 is 5.19 Å². The second-order valence-corrected chi connectivity index (χ2v) is 21.9. The summed E-state index contributed by atoms with van der Waals surface area (Å²) in [5, 5.41) is 5.65. The number of nitrogens with zero attached hydrogens (tertiary/aromatic N) is 4. The van der Waals surface area contributed by atoms with Crippen LogP contribution in [0, 0.1) is 12.1 Å². The summed E-state index contributed by atoms with van der Waals surface area (Å²) in [6.45, 7) is 13.8. The molecule has 0 bridgehead atoms. The topological polar surface area (TPSA) is 56.7 Å². The molecule has 10 rings (SSSR count). The minimum absolute atomic E-state index is 0. The zero-order valence-electron chi connectivity index (χ0n) is 34.0. The predicted octanol–water partition coefficient (Wildman–Crippen LogP) is 13.0. The number of aromatic nitrogens is 4. The van der Waals surface area contributed by atoms with Crippen LogP contribution in [0.2, 0.25) is 19.6 Å². The molecule has 0 spiro atoms. The monoisotopic (exact) mass is 961 g/mol. The van der Waals surface area contributed by atoms with Crippen LogP contribution in [0.1, 0.15) is 26.3 Å². The molecule has 0 unspecified atom stereocenters. The largest absolute Gasteiger partial charge is 0.486 e. The number of hydrogen-bond donors (Lipinski definition) is 0. The van der Waals surface area contributed by atoms with Gasteiger partial charge in [0.25, 0.3) is 0 Å². The van der Waals surface area contributed by atoms with Crippen molar-refractivity contribution in [2.75, 3.05) is 0 Å². The van der Waals surface area contributed by atoms with Crippen LogP contribution in [0.25, 0.3) is 83.3 Å². The second kappa shape index (κ2) is 16.0. The summed E-state index contributed by atoms with van der Waals surface area (Å²) in [5.41, 5.74) is 10.8. The molecule has 7 heteroatoms. The third kappa shape index (κ3) is 7.70. The Labute approximate surface area is 360 Å². The average Bonchev–Trinajstić information content (AvgIpc) is 3.83. The molecule has 4 heterocycles. The summed E-state index contributed by atoms with van der Waals surface area (Å²) in [6.07, 6.45) is 3.78. The van der Waals surface area contributed by atoms with Crippen molar-refractivity contribution in [2.45, 2.75) is 45.8 Å². The number of rotatable bonds is 5. The van der Waals surface area contributed by atoms with Gasteiger partial charge in [-0.3, -0.25) is 4.98 Å². The molecule has 0 fully saturated rings. The maximum Gasteiger partial charge on any atom is 0.216 e. The maximum absolute atomic E-state index is 6.40. The van der Waals surface area contributed by atoms with Crippen molar-refractivity contribution < 1.29 is 24.5 Å². The first-order valence-corrected chi connectivity index (χ1v) is 23.3. The molecule has 0 aliphatic heterocycles. The standard InChI is InChI=1S/C38H28N3O.C14H16NSi.Ir/c1-38(2,3)26-19-21-32(31(23-26)24-11-5-4-6-12-24)41-33-20-18-25-13-7-8-14-27(25)34(33)40-36(41)30-16-9-15-28-29-17-10-22-39-37(29)42-35(28)30;1-16(2,3)13-9-10-14(15-11-13)12-7-5-4-6-8-12;/h4-15,17-23H,1-3H3;4-7,9-11H,1-3H3;/q2*-1;. The van der Waals surface area contributed by atoms with Crippen LogP contribution in [0.15, 0.2) is 162 Å². The Morgan fingerprint density at radius 3 is 2.20 bits per heavy atom. The van der Waals surface area contributed by atoms with E-state index in [1.807, 2.05) is 54.7 Å². The van der Waals surface area contributed by atoms with Gasteiger partial charge in [-0.05, 0) is 63.1 Å². The van der Waals surface area contributed by atoms with Gasteiger partial charge in [0.05, 0.1) is 30.5 Å². The van der Waals surface area contributed by atoms with Crippen molar-refractivity contribution in [1.29, 1.82) is 0 Å². The van der Waals surface area contributed by atoms with Crippen molar-refractivity contribution in [3.63, 3.8) is 0 Å². The fourth-order valence-electron chi connectivity index (χ4n) is 7.56. The molecule has 0 amide bonds. The minimum Gasteiger partial charge on any atom is -0.486 e. The van der Waals surface area contributed by atoms with E-state index in [0.717, 1.165) is 77.6 Å². The van der Waals surface area contributed by atoms with Gasteiger partial charge in [-0.25, -0.2) is 4.98 Å². The average molecular weight is 961 g/mol. The van der Waals surface area contributed by atoms with Gasteiger partial charge >= 0.3 is 0 Å². The van der Waals surface area contributed by atoms with Gasteiger partial charge in [0.2, 0.25) is 5.71 Å². The summed E-state index contributed by atoms with van der Waals surface area (Å²) in [5.74, 6) is 0.784. The zero-order chi connectivity index (χ0) is 40.0. The molecule has 59 heavy (non-hydrogen) atoms. The van der Waals surface area contributed by atoms with E-state index in [2.05, 4.69) is 164 Å². The molecule has 0 saturated carbocycles. The number of hydrogen-bond acceptors (Lipinski definition) is 4. The minimum atomic E-state index is -1.23. The molecule has 0 aliphatic carbocycles. The van der Waals surface area contributed by atoms with Gasteiger partial charge < -0.3 is 14.0 Å². The Kier molecular flexibility index (Phi) is 10.8. The molecule has 293 valence electrons. The Bertz CT molecular complexity index is 3070. The molecule has 0 N–H and O–H groups in total. The van der Waals surface area contributed by atoms with E-state index in [-0.39, 0.29) is 25.5 Å². The molecule has 0 atom stereocenters. The molecule has 0 aliphatic rings. The Morgan fingerprint density at radius 1 is 0.678 bits per heavy atom. The first-order valence-electron chi connectivity index (χ1n) is 19.8. The molecular weight excluding hydrogens is 917 g/mol. The van der Waals surface area contributed by atoms with E-state index in [1.54, 1.807) is 6.20 Å². The van der Waals surface area contributed by atoms with E-state index >= 15 is 0 Å². The summed E-state index contributed by atoms with van der Waals surface area (Å²) in [4.78, 5) is 14.4. The van der Waals surface area contributed by atoms with E-state index in [4.69, 9.17) is 9.40 Å². The van der Waals surface area contributed by atoms with E-state index < -0.39 is 8.07 Å². The van der Waals surface area contributed by atoms with E-state index in [0.29, 0.717) is 5.71 Å². The summed E-state index contributed by atoms with van der Waals surface area (Å²) in [6, 6.07) is 57.1. The maximum atomic E-state index is 6.40. The number of benzene rings is 6. The Morgan fingerprint density at radius 2 is 1.46 bits per heavy atom. The molecular formula is C52H44IrN4OSi-2. The van der Waals surface area contributed by atoms with Gasteiger partial charge in [-0.2, -0.15) is 0 Å². The number of pyridine rings is 2. The van der Waals surface area contributed by atoms with Gasteiger partial charge in [0, 0.05) is 54.5 Å². The zero-order valence-corrected chi connectivity index (χ0v) is 37.4. The third-order valence-corrected chi connectivity index (χ3v) is 12.8. The first kappa shape index (κ1) is 39.8.